The van der Waals surface area contributed by atoms with E-state index in [0.717, 1.165) is 22.7 Å². The summed E-state index contributed by atoms with van der Waals surface area (Å²) in [6, 6.07) is 9.25. The Hall–Kier alpha value is -3.58. The zero-order chi connectivity index (χ0) is 24.1. The molecule has 1 aliphatic carbocycles. The normalized spacial score (nSPS) is 20.2. The summed E-state index contributed by atoms with van der Waals surface area (Å²) in [7, 11) is 0. The van der Waals surface area contributed by atoms with Gasteiger partial charge in [-0.1, -0.05) is 6.07 Å². The van der Waals surface area contributed by atoms with Crippen molar-refractivity contribution in [1.82, 2.24) is 24.4 Å². The summed E-state index contributed by atoms with van der Waals surface area (Å²) in [5.41, 5.74) is 1.61. The SMILES string of the molecule is N#CC1CN(C(=O)[C@@H]2CC[C@@H](Nc3ncc4c(Br)cn(-c5cc(F)c6ncccc6c5)c4n3)C2)C1. The molecule has 1 saturated carbocycles. The highest BCUT2D eigenvalue weighted by molar-refractivity contribution is 9.10. The minimum absolute atomic E-state index is 0.0303. The number of carbonyl (C=O) groups is 1. The molecule has 2 aliphatic rings. The number of hydrogen-bond acceptors (Lipinski definition) is 6. The number of fused-ring (bicyclic) bond motifs is 2. The van der Waals surface area contributed by atoms with Gasteiger partial charge < -0.3 is 10.2 Å². The Labute approximate surface area is 208 Å². The van der Waals surface area contributed by atoms with Gasteiger partial charge in [0.15, 0.2) is 11.5 Å². The fraction of sp³-hybridized carbons (Fsp3) is 0.320. The van der Waals surface area contributed by atoms with Crippen LogP contribution in [0.25, 0.3) is 27.6 Å². The van der Waals surface area contributed by atoms with Crippen molar-refractivity contribution in [2.24, 2.45) is 11.8 Å². The molecule has 0 unspecified atom stereocenters. The van der Waals surface area contributed by atoms with Crippen LogP contribution in [0.2, 0.25) is 0 Å². The molecule has 1 aromatic carbocycles. The predicted octanol–water partition coefficient (Wildman–Crippen LogP) is 4.43. The summed E-state index contributed by atoms with van der Waals surface area (Å²) in [6.45, 7) is 1.09. The van der Waals surface area contributed by atoms with E-state index in [1.54, 1.807) is 23.4 Å². The maximum atomic E-state index is 14.7. The van der Waals surface area contributed by atoms with Crippen molar-refractivity contribution in [3.63, 3.8) is 0 Å². The fourth-order valence-corrected chi connectivity index (χ4v) is 5.51. The van der Waals surface area contributed by atoms with Crippen LogP contribution in [-0.4, -0.2) is 49.5 Å². The first-order valence-corrected chi connectivity index (χ1v) is 12.3. The van der Waals surface area contributed by atoms with Gasteiger partial charge in [0.1, 0.15) is 5.52 Å². The van der Waals surface area contributed by atoms with Gasteiger partial charge in [0.2, 0.25) is 11.9 Å². The molecule has 6 rings (SSSR count). The van der Waals surface area contributed by atoms with Crippen LogP contribution in [0.4, 0.5) is 10.3 Å². The Morgan fingerprint density at radius 2 is 2.11 bits per heavy atom. The number of anilines is 1. The minimum atomic E-state index is -0.395. The average Bonchev–Trinajstić information content (AvgIpc) is 3.43. The lowest BCUT2D eigenvalue weighted by molar-refractivity contribution is -0.140. The first kappa shape index (κ1) is 21.9. The van der Waals surface area contributed by atoms with Crippen LogP contribution in [0.3, 0.4) is 0 Å². The van der Waals surface area contributed by atoms with Gasteiger partial charge in [-0.05, 0) is 47.3 Å². The van der Waals surface area contributed by atoms with Crippen LogP contribution >= 0.6 is 15.9 Å². The van der Waals surface area contributed by atoms with E-state index in [1.165, 1.54) is 6.07 Å². The third-order valence-corrected chi connectivity index (χ3v) is 7.54. The molecule has 0 spiro atoms. The van der Waals surface area contributed by atoms with Crippen molar-refractivity contribution in [2.75, 3.05) is 18.4 Å². The van der Waals surface area contributed by atoms with Crippen molar-refractivity contribution in [1.29, 1.82) is 5.26 Å². The van der Waals surface area contributed by atoms with Gasteiger partial charge in [0, 0.05) is 59.6 Å². The zero-order valence-electron chi connectivity index (χ0n) is 18.7. The molecule has 0 radical (unpaired) electrons. The predicted molar refractivity (Wildman–Crippen MR) is 132 cm³/mol. The first-order valence-electron chi connectivity index (χ1n) is 11.5. The Morgan fingerprint density at radius 1 is 1.26 bits per heavy atom. The second-order valence-electron chi connectivity index (χ2n) is 9.20. The van der Waals surface area contributed by atoms with E-state index < -0.39 is 5.82 Å². The van der Waals surface area contributed by atoms with E-state index in [4.69, 9.17) is 10.2 Å². The summed E-state index contributed by atoms with van der Waals surface area (Å²) in [5.74, 6) is 0.149. The second kappa shape index (κ2) is 8.57. The molecule has 8 nitrogen and oxygen atoms in total. The van der Waals surface area contributed by atoms with Gasteiger partial charge in [0.25, 0.3) is 0 Å². The van der Waals surface area contributed by atoms with E-state index in [9.17, 15) is 9.18 Å². The Bertz CT molecular complexity index is 1510. The number of amides is 1. The molecule has 1 N–H and O–H groups in total. The second-order valence-corrected chi connectivity index (χ2v) is 10.1. The molecule has 2 fully saturated rings. The minimum Gasteiger partial charge on any atom is -0.351 e. The van der Waals surface area contributed by atoms with E-state index in [0.29, 0.717) is 47.7 Å². The van der Waals surface area contributed by atoms with Gasteiger partial charge in [0.05, 0.1) is 23.1 Å². The van der Waals surface area contributed by atoms with Gasteiger partial charge in [-0.25, -0.2) is 9.37 Å². The zero-order valence-corrected chi connectivity index (χ0v) is 20.2. The highest BCUT2D eigenvalue weighted by Crippen LogP contribution is 2.33. The third-order valence-electron chi connectivity index (χ3n) is 6.91. The Kier molecular flexibility index (Phi) is 5.37. The van der Waals surface area contributed by atoms with Crippen LogP contribution in [-0.2, 0) is 4.79 Å². The van der Waals surface area contributed by atoms with Gasteiger partial charge >= 0.3 is 0 Å². The van der Waals surface area contributed by atoms with Crippen molar-refractivity contribution < 1.29 is 9.18 Å². The van der Waals surface area contributed by atoms with E-state index >= 15 is 0 Å². The number of halogens is 2. The number of nitrogens with one attached hydrogen (secondary N) is 1. The van der Waals surface area contributed by atoms with Crippen molar-refractivity contribution in [3.05, 3.63) is 53.1 Å². The summed E-state index contributed by atoms with van der Waals surface area (Å²) in [6.07, 6.45) is 7.53. The average molecular weight is 534 g/mol. The van der Waals surface area contributed by atoms with Crippen LogP contribution in [0.15, 0.2) is 47.3 Å². The molecule has 4 heterocycles. The van der Waals surface area contributed by atoms with E-state index in [-0.39, 0.29) is 23.8 Å². The maximum absolute atomic E-state index is 14.7. The molecule has 1 aliphatic heterocycles. The molecule has 10 heteroatoms. The fourth-order valence-electron chi connectivity index (χ4n) is 5.03. The van der Waals surface area contributed by atoms with E-state index in [2.05, 4.69) is 37.3 Å². The molecule has 176 valence electrons. The number of pyridine rings is 1. The lowest BCUT2D eigenvalue weighted by atomic mass is 9.97. The van der Waals surface area contributed by atoms with Crippen molar-refractivity contribution in [3.8, 4) is 11.8 Å². The largest absolute Gasteiger partial charge is 0.351 e. The summed E-state index contributed by atoms with van der Waals surface area (Å²) in [5, 5.41) is 13.9. The molecular formula is C25H21BrFN7O. The number of aromatic nitrogens is 4. The smallest absolute Gasteiger partial charge is 0.225 e. The third kappa shape index (κ3) is 3.90. The first-order chi connectivity index (χ1) is 17.0. The maximum Gasteiger partial charge on any atom is 0.225 e. The number of hydrogen-bond donors (Lipinski definition) is 1. The lowest BCUT2D eigenvalue weighted by Crippen LogP contribution is -2.51. The summed E-state index contributed by atoms with van der Waals surface area (Å²) < 4.78 is 17.4. The van der Waals surface area contributed by atoms with Gasteiger partial charge in [-0.15, -0.1) is 0 Å². The van der Waals surface area contributed by atoms with Crippen LogP contribution in [0.1, 0.15) is 19.3 Å². The molecule has 0 bridgehead atoms. The lowest BCUT2D eigenvalue weighted by Gasteiger charge is -2.37. The number of benzene rings is 1. The number of likely N-dealkylation sites (tertiary alicyclic amines) is 1. The molecule has 1 amide bonds. The van der Waals surface area contributed by atoms with Crippen LogP contribution < -0.4 is 5.32 Å². The summed E-state index contributed by atoms with van der Waals surface area (Å²) in [4.78, 5) is 27.8. The van der Waals surface area contributed by atoms with Gasteiger partial charge in [-0.3, -0.25) is 14.3 Å². The van der Waals surface area contributed by atoms with Gasteiger partial charge in [-0.2, -0.15) is 10.2 Å². The number of carbonyl (C=O) groups excluding carboxylic acids is 1. The quantitative estimate of drug-likeness (QED) is 0.416. The van der Waals surface area contributed by atoms with Crippen molar-refractivity contribution in [2.45, 2.75) is 25.3 Å². The topological polar surface area (TPSA) is 99.7 Å². The monoisotopic (exact) mass is 533 g/mol. The standard InChI is InChI=1S/C25H21BrFN7O/c26-20-13-34(18-7-15-2-1-5-29-22(15)21(27)8-18)23-19(20)10-30-25(32-23)31-17-4-3-16(6-17)24(35)33-11-14(9-28)12-33/h1-2,5,7-8,10,13-14,16-17H,3-4,6,11-12H2,(H,30,31,32)/t16-,17-/m1/s1. The highest BCUT2D eigenvalue weighted by Gasteiger charge is 2.38. The number of rotatable bonds is 4. The van der Waals surface area contributed by atoms with Crippen molar-refractivity contribution >= 4 is 49.7 Å². The van der Waals surface area contributed by atoms with Crippen LogP contribution in [0, 0.1) is 29.0 Å². The van der Waals surface area contributed by atoms with E-state index in [1.807, 2.05) is 22.9 Å². The molecule has 35 heavy (non-hydrogen) atoms. The highest BCUT2D eigenvalue weighted by atomic mass is 79.9. The molecule has 1 saturated heterocycles. The molecule has 3 aromatic heterocycles. The molecule has 2 atom stereocenters. The molecule has 4 aromatic rings. The van der Waals surface area contributed by atoms with Crippen LogP contribution in [0.5, 0.6) is 0 Å². The Balaban J connectivity index is 1.24. The number of nitriles is 1. The molecular weight excluding hydrogens is 513 g/mol. The summed E-state index contributed by atoms with van der Waals surface area (Å²) >= 11 is 3.57. The Morgan fingerprint density at radius 3 is 2.94 bits per heavy atom. The number of nitrogens with zero attached hydrogens (tertiary/aromatic N) is 6.